The van der Waals surface area contributed by atoms with Crippen molar-refractivity contribution < 1.29 is 9.53 Å². The molecule has 3 rings (SSSR count). The van der Waals surface area contributed by atoms with E-state index in [9.17, 15) is 4.79 Å². The summed E-state index contributed by atoms with van der Waals surface area (Å²) in [6.45, 7) is 5.15. The topological polar surface area (TPSA) is 50.4 Å². The lowest BCUT2D eigenvalue weighted by Crippen LogP contribution is -2.44. The van der Waals surface area contributed by atoms with Crippen LogP contribution in [-0.4, -0.2) is 25.6 Å². The van der Waals surface area contributed by atoms with Crippen molar-refractivity contribution in [1.82, 2.24) is 5.32 Å². The van der Waals surface area contributed by atoms with Crippen LogP contribution in [0, 0.1) is 11.3 Å². The van der Waals surface area contributed by atoms with Gasteiger partial charge in [-0.25, -0.2) is 0 Å². The zero-order valence-corrected chi connectivity index (χ0v) is 13.4. The summed E-state index contributed by atoms with van der Waals surface area (Å²) in [5.74, 6) is 0.693. The third-order valence-electron chi connectivity index (χ3n) is 5.18. The zero-order chi connectivity index (χ0) is 15.4. The molecule has 1 aliphatic heterocycles. The fourth-order valence-electron chi connectivity index (χ4n) is 3.85. The second-order valence-electron chi connectivity index (χ2n) is 6.52. The van der Waals surface area contributed by atoms with E-state index in [1.807, 2.05) is 31.2 Å². The van der Waals surface area contributed by atoms with Crippen molar-refractivity contribution in [2.45, 2.75) is 39.2 Å². The van der Waals surface area contributed by atoms with Gasteiger partial charge in [0.25, 0.3) is 0 Å². The van der Waals surface area contributed by atoms with Crippen molar-refractivity contribution >= 4 is 11.6 Å². The van der Waals surface area contributed by atoms with Gasteiger partial charge in [0.15, 0.2) is 0 Å². The van der Waals surface area contributed by atoms with Gasteiger partial charge >= 0.3 is 0 Å². The Morgan fingerprint density at radius 1 is 1.36 bits per heavy atom. The molecule has 1 aliphatic carbocycles. The first-order valence-electron chi connectivity index (χ1n) is 8.43. The number of carbonyl (C=O) groups excluding carboxylic acids is 1. The van der Waals surface area contributed by atoms with Crippen molar-refractivity contribution in [2.24, 2.45) is 11.3 Å². The number of nitrogens with one attached hydrogen (secondary N) is 2. The molecule has 120 valence electrons. The highest BCUT2D eigenvalue weighted by atomic mass is 16.5. The lowest BCUT2D eigenvalue weighted by Gasteiger charge is -2.37. The van der Waals surface area contributed by atoms with Crippen LogP contribution in [0.25, 0.3) is 0 Å². The highest BCUT2D eigenvalue weighted by molar-refractivity contribution is 5.96. The maximum Gasteiger partial charge on any atom is 0.232 e. The summed E-state index contributed by atoms with van der Waals surface area (Å²) in [7, 11) is 0. The first kappa shape index (κ1) is 15.5. The van der Waals surface area contributed by atoms with E-state index in [1.165, 1.54) is 19.3 Å². The van der Waals surface area contributed by atoms with Gasteiger partial charge in [0, 0.05) is 18.8 Å². The van der Waals surface area contributed by atoms with Gasteiger partial charge in [-0.1, -0.05) is 25.0 Å². The van der Waals surface area contributed by atoms with E-state index in [-0.39, 0.29) is 11.3 Å². The number of amides is 1. The number of fused-ring (bicyclic) bond motifs is 1. The largest absolute Gasteiger partial charge is 0.377 e. The van der Waals surface area contributed by atoms with Crippen molar-refractivity contribution in [3.63, 3.8) is 0 Å². The average Bonchev–Trinajstić information content (AvgIpc) is 2.99. The SMILES string of the molecule is CCOCc1ccc(NC(=O)[C@@]23CCCC[C@H]2CNC3)cc1. The molecule has 0 bridgehead atoms. The van der Waals surface area contributed by atoms with Crippen molar-refractivity contribution in [2.75, 3.05) is 25.0 Å². The fourth-order valence-corrected chi connectivity index (χ4v) is 3.85. The van der Waals surface area contributed by atoms with E-state index >= 15 is 0 Å². The molecule has 0 aromatic heterocycles. The van der Waals surface area contributed by atoms with Gasteiger partial charge in [0.1, 0.15) is 0 Å². The van der Waals surface area contributed by atoms with Gasteiger partial charge in [-0.3, -0.25) is 4.79 Å². The minimum atomic E-state index is -0.192. The minimum absolute atomic E-state index is 0.192. The molecular formula is C18H26N2O2. The molecular weight excluding hydrogens is 276 g/mol. The van der Waals surface area contributed by atoms with Crippen LogP contribution in [0.15, 0.2) is 24.3 Å². The fraction of sp³-hybridized carbons (Fsp3) is 0.611. The molecule has 4 nitrogen and oxygen atoms in total. The first-order chi connectivity index (χ1) is 10.7. The Kier molecular flexibility index (Phi) is 4.79. The van der Waals surface area contributed by atoms with Crippen molar-refractivity contribution in [1.29, 1.82) is 0 Å². The van der Waals surface area contributed by atoms with Crippen LogP contribution < -0.4 is 10.6 Å². The molecule has 2 atom stereocenters. The van der Waals surface area contributed by atoms with Crippen LogP contribution in [0.5, 0.6) is 0 Å². The molecule has 2 fully saturated rings. The molecule has 1 amide bonds. The minimum Gasteiger partial charge on any atom is -0.377 e. The molecule has 0 spiro atoms. The number of hydrogen-bond acceptors (Lipinski definition) is 3. The van der Waals surface area contributed by atoms with Crippen LogP contribution in [-0.2, 0) is 16.1 Å². The van der Waals surface area contributed by atoms with Gasteiger partial charge < -0.3 is 15.4 Å². The smallest absolute Gasteiger partial charge is 0.232 e. The summed E-state index contributed by atoms with van der Waals surface area (Å²) < 4.78 is 5.40. The number of ether oxygens (including phenoxy) is 1. The van der Waals surface area contributed by atoms with Gasteiger partial charge in [-0.15, -0.1) is 0 Å². The monoisotopic (exact) mass is 302 g/mol. The summed E-state index contributed by atoms with van der Waals surface area (Å²) >= 11 is 0. The maximum absolute atomic E-state index is 12.9. The van der Waals surface area contributed by atoms with Crippen LogP contribution in [0.4, 0.5) is 5.69 Å². The number of hydrogen-bond donors (Lipinski definition) is 2. The van der Waals surface area contributed by atoms with Crippen molar-refractivity contribution in [3.05, 3.63) is 29.8 Å². The Hall–Kier alpha value is -1.39. The van der Waals surface area contributed by atoms with Gasteiger partial charge in [-0.05, 0) is 49.9 Å². The molecule has 0 unspecified atom stereocenters. The predicted octanol–water partition coefficient (Wildman–Crippen LogP) is 2.94. The normalized spacial score (nSPS) is 27.4. The van der Waals surface area contributed by atoms with Crippen molar-refractivity contribution in [3.8, 4) is 0 Å². The molecule has 1 saturated heterocycles. The van der Waals surface area contributed by atoms with Crippen LogP contribution in [0.1, 0.15) is 38.2 Å². The summed E-state index contributed by atoms with van der Waals surface area (Å²) in [4.78, 5) is 12.9. The molecule has 1 heterocycles. The van der Waals surface area contributed by atoms with E-state index in [2.05, 4.69) is 10.6 Å². The Bertz CT molecular complexity index is 514. The second-order valence-corrected chi connectivity index (χ2v) is 6.52. The molecule has 22 heavy (non-hydrogen) atoms. The highest BCUT2D eigenvalue weighted by Crippen LogP contribution is 2.44. The predicted molar refractivity (Wildman–Crippen MR) is 87.7 cm³/mol. The summed E-state index contributed by atoms with van der Waals surface area (Å²) in [5, 5.41) is 6.56. The Labute approximate surface area is 132 Å². The molecule has 4 heteroatoms. The van der Waals surface area contributed by atoms with E-state index in [4.69, 9.17) is 4.74 Å². The summed E-state index contributed by atoms with van der Waals surface area (Å²) in [6.07, 6.45) is 4.61. The molecule has 1 saturated carbocycles. The van der Waals surface area contributed by atoms with E-state index in [1.54, 1.807) is 0 Å². The van der Waals surface area contributed by atoms with Gasteiger partial charge in [0.2, 0.25) is 5.91 Å². The number of carbonyl (C=O) groups is 1. The molecule has 1 aromatic rings. The van der Waals surface area contributed by atoms with Crippen LogP contribution in [0.3, 0.4) is 0 Å². The molecule has 2 N–H and O–H groups in total. The standard InChI is InChI=1S/C18H26N2O2/c1-2-22-12-14-6-8-16(9-7-14)20-17(21)18-10-4-3-5-15(18)11-19-13-18/h6-9,15,19H,2-5,10-13H2,1H3,(H,20,21)/t15-,18+/m0/s1. The number of benzene rings is 1. The van der Waals surface area contributed by atoms with Gasteiger partial charge in [0.05, 0.1) is 12.0 Å². The number of rotatable bonds is 5. The average molecular weight is 302 g/mol. The Morgan fingerprint density at radius 3 is 2.95 bits per heavy atom. The summed E-state index contributed by atoms with van der Waals surface area (Å²) in [6, 6.07) is 7.99. The lowest BCUT2D eigenvalue weighted by molar-refractivity contribution is -0.128. The Balaban J connectivity index is 1.66. The third kappa shape index (κ3) is 3.03. The highest BCUT2D eigenvalue weighted by Gasteiger charge is 2.49. The van der Waals surface area contributed by atoms with E-state index in [0.717, 1.165) is 37.4 Å². The van der Waals surface area contributed by atoms with Crippen LogP contribution in [0.2, 0.25) is 0 Å². The van der Waals surface area contributed by atoms with E-state index < -0.39 is 0 Å². The van der Waals surface area contributed by atoms with Crippen LogP contribution >= 0.6 is 0 Å². The lowest BCUT2D eigenvalue weighted by atomic mass is 9.67. The molecule has 0 radical (unpaired) electrons. The first-order valence-corrected chi connectivity index (χ1v) is 8.43. The number of anilines is 1. The molecule has 2 aliphatic rings. The second kappa shape index (κ2) is 6.80. The zero-order valence-electron chi connectivity index (χ0n) is 13.4. The quantitative estimate of drug-likeness (QED) is 0.879. The van der Waals surface area contributed by atoms with E-state index in [0.29, 0.717) is 12.5 Å². The third-order valence-corrected chi connectivity index (χ3v) is 5.18. The van der Waals surface area contributed by atoms with Gasteiger partial charge in [-0.2, -0.15) is 0 Å². The molecule has 1 aromatic carbocycles. The Morgan fingerprint density at radius 2 is 2.18 bits per heavy atom. The maximum atomic E-state index is 12.9. The summed E-state index contributed by atoms with van der Waals surface area (Å²) in [5.41, 5.74) is 1.83.